The van der Waals surface area contributed by atoms with Gasteiger partial charge in [0.2, 0.25) is 0 Å². The molecule has 118 valence electrons. The zero-order valence-electron chi connectivity index (χ0n) is 12.3. The van der Waals surface area contributed by atoms with Gasteiger partial charge >= 0.3 is 0 Å². The summed E-state index contributed by atoms with van der Waals surface area (Å²) in [5.74, 6) is 0.547. The van der Waals surface area contributed by atoms with Crippen molar-refractivity contribution in [3.63, 3.8) is 0 Å². The minimum atomic E-state index is -0.0381. The Balaban J connectivity index is 1.50. The summed E-state index contributed by atoms with van der Waals surface area (Å²) in [7, 11) is 0. The van der Waals surface area contributed by atoms with Crippen LogP contribution in [-0.2, 0) is 0 Å². The Morgan fingerprint density at radius 2 is 2.39 bits per heavy atom. The monoisotopic (exact) mass is 329 g/mol. The molecule has 0 radical (unpaired) electrons. The predicted octanol–water partition coefficient (Wildman–Crippen LogP) is 1.60. The Morgan fingerprint density at radius 1 is 1.43 bits per heavy atom. The number of likely N-dealkylation sites (tertiary alicyclic amines) is 1. The van der Waals surface area contributed by atoms with Crippen molar-refractivity contribution in [2.24, 2.45) is 0 Å². The van der Waals surface area contributed by atoms with Gasteiger partial charge in [-0.05, 0) is 18.9 Å². The van der Waals surface area contributed by atoms with Crippen LogP contribution >= 0.6 is 11.3 Å². The number of thiazole rings is 1. The lowest BCUT2D eigenvalue weighted by Crippen LogP contribution is -2.41. The summed E-state index contributed by atoms with van der Waals surface area (Å²) in [5.41, 5.74) is 0.461. The van der Waals surface area contributed by atoms with E-state index in [-0.39, 0.29) is 11.9 Å². The van der Waals surface area contributed by atoms with Gasteiger partial charge in [-0.2, -0.15) is 10.2 Å². The molecule has 0 aliphatic carbocycles. The molecular weight excluding hydrogens is 314 g/mol. The van der Waals surface area contributed by atoms with Gasteiger partial charge < -0.3 is 4.90 Å². The summed E-state index contributed by atoms with van der Waals surface area (Å²) in [6, 6.07) is 2.14. The van der Waals surface area contributed by atoms with Crippen molar-refractivity contribution >= 4 is 17.2 Å². The van der Waals surface area contributed by atoms with Gasteiger partial charge in [-0.3, -0.25) is 14.6 Å². The second-order valence-corrected chi connectivity index (χ2v) is 6.26. The van der Waals surface area contributed by atoms with Crippen LogP contribution in [-0.4, -0.2) is 53.8 Å². The van der Waals surface area contributed by atoms with E-state index >= 15 is 0 Å². The van der Waals surface area contributed by atoms with E-state index in [0.717, 1.165) is 19.4 Å². The van der Waals surface area contributed by atoms with E-state index in [4.69, 9.17) is 0 Å². The van der Waals surface area contributed by atoms with Crippen LogP contribution in [0.25, 0.3) is 10.8 Å². The molecule has 1 aliphatic heterocycles. The molecule has 4 heterocycles. The first-order valence-corrected chi connectivity index (χ1v) is 8.29. The lowest BCUT2D eigenvalue weighted by atomic mass is 10.1. The number of amides is 1. The molecule has 1 amide bonds. The first-order chi connectivity index (χ1) is 11.3. The van der Waals surface area contributed by atoms with E-state index < -0.39 is 0 Å². The molecular formula is C14H15N7OS. The van der Waals surface area contributed by atoms with Gasteiger partial charge in [0, 0.05) is 30.9 Å². The summed E-state index contributed by atoms with van der Waals surface area (Å²) >= 11 is 1.39. The van der Waals surface area contributed by atoms with Crippen molar-refractivity contribution in [2.75, 3.05) is 13.1 Å². The van der Waals surface area contributed by atoms with Gasteiger partial charge in [0.15, 0.2) is 10.8 Å². The maximum Gasteiger partial charge on any atom is 0.273 e. The normalized spacial score (nSPS) is 18.3. The highest BCUT2D eigenvalue weighted by Gasteiger charge is 2.27. The Morgan fingerprint density at radius 3 is 3.17 bits per heavy atom. The number of hydrogen-bond acceptors (Lipinski definition) is 6. The van der Waals surface area contributed by atoms with E-state index in [2.05, 4.69) is 25.3 Å². The highest BCUT2D eigenvalue weighted by molar-refractivity contribution is 7.13. The largest absolute Gasteiger partial charge is 0.335 e. The van der Waals surface area contributed by atoms with E-state index in [1.807, 2.05) is 21.8 Å². The maximum atomic E-state index is 12.7. The molecule has 0 aromatic carbocycles. The van der Waals surface area contributed by atoms with Crippen molar-refractivity contribution in [1.29, 1.82) is 0 Å². The lowest BCUT2D eigenvalue weighted by Gasteiger charge is -2.32. The van der Waals surface area contributed by atoms with Crippen LogP contribution in [0.1, 0.15) is 29.4 Å². The standard InChI is InChI=1S/C14H15N7OS/c22-14(11-8-23-13(18-11)12-15-9-16-19-12)20-5-1-3-10(7-20)21-6-2-4-17-21/h2,4,6,8-10H,1,3,5,7H2,(H,15,16,19)/t10-/m0/s1. The van der Waals surface area contributed by atoms with Gasteiger partial charge in [-0.25, -0.2) is 9.97 Å². The molecule has 1 fully saturated rings. The third kappa shape index (κ3) is 2.74. The summed E-state index contributed by atoms with van der Waals surface area (Å²) < 4.78 is 1.93. The third-order valence-electron chi connectivity index (χ3n) is 3.92. The molecule has 0 unspecified atom stereocenters. The van der Waals surface area contributed by atoms with Crippen LogP contribution in [0.4, 0.5) is 0 Å². The van der Waals surface area contributed by atoms with Crippen molar-refractivity contribution in [2.45, 2.75) is 18.9 Å². The molecule has 0 spiro atoms. The fourth-order valence-electron chi connectivity index (χ4n) is 2.80. The number of nitrogens with one attached hydrogen (secondary N) is 1. The molecule has 0 bridgehead atoms. The van der Waals surface area contributed by atoms with E-state index in [9.17, 15) is 4.79 Å². The average Bonchev–Trinajstić information content (AvgIpc) is 3.36. The van der Waals surface area contributed by atoms with Gasteiger partial charge in [0.25, 0.3) is 5.91 Å². The fraction of sp³-hybridized carbons (Fsp3) is 0.357. The zero-order chi connectivity index (χ0) is 15.6. The molecule has 4 rings (SSSR count). The van der Waals surface area contributed by atoms with Gasteiger partial charge in [-0.15, -0.1) is 11.3 Å². The Bertz CT molecular complexity index is 780. The molecule has 1 atom stereocenters. The molecule has 23 heavy (non-hydrogen) atoms. The number of piperidine rings is 1. The Labute approximate surface area is 136 Å². The molecule has 1 aliphatic rings. The smallest absolute Gasteiger partial charge is 0.273 e. The highest BCUT2D eigenvalue weighted by Crippen LogP contribution is 2.24. The first kappa shape index (κ1) is 14.1. The van der Waals surface area contributed by atoms with Gasteiger partial charge in [-0.1, -0.05) is 0 Å². The topological polar surface area (TPSA) is 92.6 Å². The molecule has 3 aromatic rings. The van der Waals surface area contributed by atoms with Crippen LogP contribution < -0.4 is 0 Å². The van der Waals surface area contributed by atoms with Crippen LogP contribution in [0.15, 0.2) is 30.2 Å². The highest BCUT2D eigenvalue weighted by atomic mass is 32.1. The molecule has 9 heteroatoms. The number of H-pyrrole nitrogens is 1. The molecule has 1 saturated heterocycles. The van der Waals surface area contributed by atoms with Crippen LogP contribution in [0.5, 0.6) is 0 Å². The van der Waals surface area contributed by atoms with Gasteiger partial charge in [0.1, 0.15) is 12.0 Å². The van der Waals surface area contributed by atoms with E-state index in [1.54, 1.807) is 11.6 Å². The number of hydrogen-bond donors (Lipinski definition) is 1. The van der Waals surface area contributed by atoms with Crippen molar-refractivity contribution in [3.8, 4) is 10.8 Å². The average molecular weight is 329 g/mol. The van der Waals surface area contributed by atoms with Crippen molar-refractivity contribution < 1.29 is 4.79 Å². The Hall–Kier alpha value is -2.55. The fourth-order valence-corrected chi connectivity index (χ4v) is 3.54. The SMILES string of the molecule is O=C(c1csc(-c2ncn[nH]2)n1)N1CCC[C@H](n2cccn2)C1. The Kier molecular flexibility index (Phi) is 3.62. The van der Waals surface area contributed by atoms with Gasteiger partial charge in [0.05, 0.1) is 6.04 Å². The first-order valence-electron chi connectivity index (χ1n) is 7.41. The number of carbonyl (C=O) groups is 1. The molecule has 1 N–H and O–H groups in total. The number of carbonyl (C=O) groups excluding carboxylic acids is 1. The van der Waals surface area contributed by atoms with Crippen LogP contribution in [0.3, 0.4) is 0 Å². The minimum Gasteiger partial charge on any atom is -0.335 e. The number of aromatic nitrogens is 6. The summed E-state index contributed by atoms with van der Waals surface area (Å²) in [6.07, 6.45) is 7.15. The summed E-state index contributed by atoms with van der Waals surface area (Å²) in [5, 5.41) is 13.3. The van der Waals surface area contributed by atoms with Crippen molar-refractivity contribution in [3.05, 3.63) is 35.9 Å². The van der Waals surface area contributed by atoms with Crippen LogP contribution in [0, 0.1) is 0 Å². The second kappa shape index (κ2) is 5.92. The van der Waals surface area contributed by atoms with Crippen LogP contribution in [0.2, 0.25) is 0 Å². The predicted molar refractivity (Wildman–Crippen MR) is 83.9 cm³/mol. The number of nitrogens with zero attached hydrogens (tertiary/aromatic N) is 6. The van der Waals surface area contributed by atoms with E-state index in [1.165, 1.54) is 17.7 Å². The molecule has 8 nitrogen and oxygen atoms in total. The maximum absolute atomic E-state index is 12.7. The van der Waals surface area contributed by atoms with Crippen molar-refractivity contribution in [1.82, 2.24) is 34.8 Å². The van der Waals surface area contributed by atoms with E-state index in [0.29, 0.717) is 23.1 Å². The second-order valence-electron chi connectivity index (χ2n) is 5.41. The lowest BCUT2D eigenvalue weighted by molar-refractivity contribution is 0.0668. The molecule has 3 aromatic heterocycles. The quantitative estimate of drug-likeness (QED) is 0.788. The summed E-state index contributed by atoms with van der Waals surface area (Å²) in [6.45, 7) is 1.42. The summed E-state index contributed by atoms with van der Waals surface area (Å²) in [4.78, 5) is 23.0. The minimum absolute atomic E-state index is 0.0381. The number of aromatic amines is 1. The molecule has 0 saturated carbocycles. The third-order valence-corrected chi connectivity index (χ3v) is 4.77. The number of rotatable bonds is 3. The zero-order valence-corrected chi connectivity index (χ0v) is 13.1.